The topological polar surface area (TPSA) is 46.5 Å². The Bertz CT molecular complexity index is 253. The van der Waals surface area contributed by atoms with Crippen LogP contribution in [0.3, 0.4) is 0 Å². The van der Waals surface area contributed by atoms with Gasteiger partial charge < -0.3 is 9.84 Å². The summed E-state index contributed by atoms with van der Waals surface area (Å²) in [6.07, 6.45) is 18.2. The van der Waals surface area contributed by atoms with E-state index in [0.29, 0.717) is 12.5 Å². The normalized spacial score (nSPS) is 12.4. The van der Waals surface area contributed by atoms with Gasteiger partial charge in [0, 0.05) is 13.0 Å². The lowest BCUT2D eigenvalue weighted by molar-refractivity contribution is -0.137. The van der Waals surface area contributed by atoms with Gasteiger partial charge in [0.2, 0.25) is 0 Å². The summed E-state index contributed by atoms with van der Waals surface area (Å²) in [5, 5.41) is 8.56. The van der Waals surface area contributed by atoms with Crippen LogP contribution in [0.4, 0.5) is 0 Å². The third kappa shape index (κ3) is 17.6. The standard InChI is InChI=1S/C20H40O3/c1-3-5-13-16-19(23-4-2)17-14-11-9-7-6-8-10-12-15-18-20(21)22/h19H,3-18H2,1-2H3,(H,21,22). The molecule has 3 nitrogen and oxygen atoms in total. The monoisotopic (exact) mass is 328 g/mol. The second kappa shape index (κ2) is 17.8. The summed E-state index contributed by atoms with van der Waals surface area (Å²) in [6.45, 7) is 5.20. The lowest BCUT2D eigenvalue weighted by atomic mass is 10.0. The number of ether oxygens (including phenoxy) is 1. The molecule has 0 bridgehead atoms. The third-order valence-electron chi connectivity index (χ3n) is 4.45. The molecule has 0 rings (SSSR count). The summed E-state index contributed by atoms with van der Waals surface area (Å²) in [5.41, 5.74) is 0. The van der Waals surface area contributed by atoms with E-state index in [1.165, 1.54) is 77.0 Å². The smallest absolute Gasteiger partial charge is 0.303 e. The summed E-state index contributed by atoms with van der Waals surface area (Å²) in [6, 6.07) is 0. The maximum Gasteiger partial charge on any atom is 0.303 e. The Hall–Kier alpha value is -0.570. The second-order valence-corrected chi connectivity index (χ2v) is 6.69. The van der Waals surface area contributed by atoms with Gasteiger partial charge in [0.1, 0.15) is 0 Å². The fraction of sp³-hybridized carbons (Fsp3) is 0.950. The Morgan fingerprint density at radius 3 is 1.74 bits per heavy atom. The number of unbranched alkanes of at least 4 members (excludes halogenated alkanes) is 10. The van der Waals surface area contributed by atoms with E-state index in [9.17, 15) is 4.79 Å². The van der Waals surface area contributed by atoms with Gasteiger partial charge in [0.15, 0.2) is 0 Å². The Balaban J connectivity index is 3.33. The van der Waals surface area contributed by atoms with Gasteiger partial charge in [-0.25, -0.2) is 0 Å². The molecule has 0 amide bonds. The van der Waals surface area contributed by atoms with E-state index in [0.717, 1.165) is 19.4 Å². The van der Waals surface area contributed by atoms with Gasteiger partial charge in [-0.2, -0.15) is 0 Å². The molecule has 3 heteroatoms. The molecule has 23 heavy (non-hydrogen) atoms. The van der Waals surface area contributed by atoms with Crippen molar-refractivity contribution in [1.29, 1.82) is 0 Å². The zero-order chi connectivity index (χ0) is 17.2. The van der Waals surface area contributed by atoms with Crippen molar-refractivity contribution in [1.82, 2.24) is 0 Å². The summed E-state index contributed by atoms with van der Waals surface area (Å²) >= 11 is 0. The number of hydrogen-bond donors (Lipinski definition) is 1. The molecule has 0 aromatic heterocycles. The molecule has 0 aliphatic carbocycles. The minimum Gasteiger partial charge on any atom is -0.481 e. The summed E-state index contributed by atoms with van der Waals surface area (Å²) in [4.78, 5) is 10.4. The van der Waals surface area contributed by atoms with E-state index in [2.05, 4.69) is 13.8 Å². The van der Waals surface area contributed by atoms with Crippen molar-refractivity contribution in [3.05, 3.63) is 0 Å². The third-order valence-corrected chi connectivity index (χ3v) is 4.45. The molecule has 1 atom stereocenters. The predicted octanol–water partition coefficient (Wildman–Crippen LogP) is 6.35. The number of aliphatic carboxylic acids is 1. The van der Waals surface area contributed by atoms with E-state index >= 15 is 0 Å². The fourth-order valence-corrected chi connectivity index (χ4v) is 3.05. The predicted molar refractivity (Wildman–Crippen MR) is 98.0 cm³/mol. The molecule has 0 fully saturated rings. The fourth-order valence-electron chi connectivity index (χ4n) is 3.05. The van der Waals surface area contributed by atoms with Crippen molar-refractivity contribution in [3.63, 3.8) is 0 Å². The van der Waals surface area contributed by atoms with Crippen LogP contribution in [0.1, 0.15) is 110 Å². The Morgan fingerprint density at radius 1 is 0.783 bits per heavy atom. The first-order valence-electron chi connectivity index (χ1n) is 10.0. The van der Waals surface area contributed by atoms with Gasteiger partial charge >= 0.3 is 5.97 Å². The van der Waals surface area contributed by atoms with Crippen LogP contribution >= 0.6 is 0 Å². The molecule has 138 valence electrons. The summed E-state index contributed by atoms with van der Waals surface area (Å²) < 4.78 is 5.85. The van der Waals surface area contributed by atoms with Crippen LogP contribution in [0.5, 0.6) is 0 Å². The molecule has 0 aliphatic rings. The molecule has 0 saturated carbocycles. The van der Waals surface area contributed by atoms with Crippen molar-refractivity contribution in [2.45, 2.75) is 116 Å². The van der Waals surface area contributed by atoms with E-state index < -0.39 is 5.97 Å². The zero-order valence-corrected chi connectivity index (χ0v) is 15.7. The molecule has 1 unspecified atom stereocenters. The first-order valence-corrected chi connectivity index (χ1v) is 10.0. The Labute approximate surface area is 144 Å². The van der Waals surface area contributed by atoms with Crippen LogP contribution in [0.2, 0.25) is 0 Å². The second-order valence-electron chi connectivity index (χ2n) is 6.69. The lowest BCUT2D eigenvalue weighted by Crippen LogP contribution is -2.12. The Kier molecular flexibility index (Phi) is 17.3. The average molecular weight is 329 g/mol. The van der Waals surface area contributed by atoms with Gasteiger partial charge in [0.05, 0.1) is 6.10 Å². The molecule has 0 aromatic rings. The van der Waals surface area contributed by atoms with Crippen molar-refractivity contribution in [3.8, 4) is 0 Å². The number of hydrogen-bond acceptors (Lipinski definition) is 2. The molecule has 0 heterocycles. The highest BCUT2D eigenvalue weighted by atomic mass is 16.5. The summed E-state index contributed by atoms with van der Waals surface area (Å²) in [7, 11) is 0. The van der Waals surface area contributed by atoms with Gasteiger partial charge in [-0.05, 0) is 26.2 Å². The number of rotatable bonds is 18. The molecular formula is C20H40O3. The van der Waals surface area contributed by atoms with Crippen LogP contribution in [-0.2, 0) is 9.53 Å². The molecule has 0 aliphatic heterocycles. The first-order chi connectivity index (χ1) is 11.2. The van der Waals surface area contributed by atoms with Gasteiger partial charge in [-0.1, -0.05) is 77.6 Å². The van der Waals surface area contributed by atoms with Crippen molar-refractivity contribution >= 4 is 5.97 Å². The van der Waals surface area contributed by atoms with Gasteiger partial charge in [-0.15, -0.1) is 0 Å². The lowest BCUT2D eigenvalue weighted by Gasteiger charge is -2.16. The minimum atomic E-state index is -0.662. The van der Waals surface area contributed by atoms with E-state index in [1.807, 2.05) is 0 Å². The van der Waals surface area contributed by atoms with Crippen molar-refractivity contribution < 1.29 is 14.6 Å². The quantitative estimate of drug-likeness (QED) is 0.298. The van der Waals surface area contributed by atoms with Crippen molar-refractivity contribution in [2.75, 3.05) is 6.61 Å². The molecule has 0 spiro atoms. The molecule has 0 aromatic carbocycles. The minimum absolute atomic E-state index is 0.333. The maximum absolute atomic E-state index is 10.4. The highest BCUT2D eigenvalue weighted by Crippen LogP contribution is 2.16. The SMILES string of the molecule is CCCCCC(CCCCCCCCCCCC(=O)O)OCC. The van der Waals surface area contributed by atoms with Crippen LogP contribution < -0.4 is 0 Å². The summed E-state index contributed by atoms with van der Waals surface area (Å²) in [5.74, 6) is -0.662. The van der Waals surface area contributed by atoms with E-state index in [-0.39, 0.29) is 0 Å². The van der Waals surface area contributed by atoms with Gasteiger partial charge in [-0.3, -0.25) is 4.79 Å². The van der Waals surface area contributed by atoms with E-state index in [1.54, 1.807) is 0 Å². The average Bonchev–Trinajstić information content (AvgIpc) is 2.52. The van der Waals surface area contributed by atoms with Crippen LogP contribution in [-0.4, -0.2) is 23.8 Å². The molecule has 0 saturated heterocycles. The highest BCUT2D eigenvalue weighted by molar-refractivity contribution is 5.66. The number of carbonyl (C=O) groups is 1. The number of carboxylic acid groups (broad SMARTS) is 1. The van der Waals surface area contributed by atoms with Crippen LogP contribution in [0.25, 0.3) is 0 Å². The van der Waals surface area contributed by atoms with Crippen LogP contribution in [0.15, 0.2) is 0 Å². The maximum atomic E-state index is 10.4. The Morgan fingerprint density at radius 2 is 1.26 bits per heavy atom. The number of carboxylic acids is 1. The molecule has 1 N–H and O–H groups in total. The largest absolute Gasteiger partial charge is 0.481 e. The van der Waals surface area contributed by atoms with Crippen LogP contribution in [0, 0.1) is 0 Å². The molecule has 0 radical (unpaired) electrons. The first kappa shape index (κ1) is 22.4. The van der Waals surface area contributed by atoms with E-state index in [4.69, 9.17) is 9.84 Å². The van der Waals surface area contributed by atoms with Crippen molar-refractivity contribution in [2.24, 2.45) is 0 Å². The van der Waals surface area contributed by atoms with Gasteiger partial charge in [0.25, 0.3) is 0 Å². The highest BCUT2D eigenvalue weighted by Gasteiger charge is 2.07. The zero-order valence-electron chi connectivity index (χ0n) is 15.7. The molecular weight excluding hydrogens is 288 g/mol.